The summed E-state index contributed by atoms with van der Waals surface area (Å²) < 4.78 is 2.35. The van der Waals surface area contributed by atoms with Crippen LogP contribution in [0, 0.1) is 0 Å². The van der Waals surface area contributed by atoms with Crippen LogP contribution in [0.2, 0.25) is 0 Å². The first kappa shape index (κ1) is 11.2. The van der Waals surface area contributed by atoms with Crippen LogP contribution in [-0.4, -0.2) is 47.2 Å². The summed E-state index contributed by atoms with van der Waals surface area (Å²) in [4.78, 5) is 6.88. The summed E-state index contributed by atoms with van der Waals surface area (Å²) in [6.45, 7) is 7.24. The number of likely N-dealkylation sites (tertiary alicyclic amines) is 1. The lowest BCUT2D eigenvalue weighted by Crippen LogP contribution is -2.40. The van der Waals surface area contributed by atoms with Crippen molar-refractivity contribution >= 4 is 0 Å². The molecule has 2 fully saturated rings. The van der Waals surface area contributed by atoms with Crippen molar-refractivity contribution in [3.8, 4) is 0 Å². The summed E-state index contributed by atoms with van der Waals surface area (Å²) in [7, 11) is 0. The third-order valence-corrected chi connectivity index (χ3v) is 4.02. The molecule has 94 valence electrons. The molecule has 0 radical (unpaired) electrons. The second kappa shape index (κ2) is 5.19. The molecule has 17 heavy (non-hydrogen) atoms. The quantitative estimate of drug-likeness (QED) is 0.827. The van der Waals surface area contributed by atoms with Crippen molar-refractivity contribution in [2.75, 3.05) is 32.7 Å². The van der Waals surface area contributed by atoms with Gasteiger partial charge in [0.15, 0.2) is 0 Å². The lowest BCUT2D eigenvalue weighted by molar-refractivity contribution is 0.322. The number of nitrogens with one attached hydrogen (secondary N) is 1. The Morgan fingerprint density at radius 3 is 2.76 bits per heavy atom. The van der Waals surface area contributed by atoms with Crippen LogP contribution in [0.25, 0.3) is 0 Å². The summed E-state index contributed by atoms with van der Waals surface area (Å²) in [6, 6.07) is 0. The summed E-state index contributed by atoms with van der Waals surface area (Å²) in [5.74, 6) is 0.698. The van der Waals surface area contributed by atoms with Crippen molar-refractivity contribution in [3.05, 3.63) is 18.2 Å². The molecule has 4 heteroatoms. The lowest BCUT2D eigenvalue weighted by atomic mass is 10.00. The van der Waals surface area contributed by atoms with Crippen LogP contribution < -0.4 is 5.32 Å². The Kier molecular flexibility index (Phi) is 3.43. The Balaban J connectivity index is 1.48. The van der Waals surface area contributed by atoms with Crippen LogP contribution in [0.15, 0.2) is 12.5 Å². The first-order valence-corrected chi connectivity index (χ1v) is 6.86. The highest BCUT2D eigenvalue weighted by molar-refractivity contribution is 5.11. The van der Waals surface area contributed by atoms with Gasteiger partial charge >= 0.3 is 0 Å². The topological polar surface area (TPSA) is 33.1 Å². The molecule has 3 heterocycles. The van der Waals surface area contributed by atoms with Crippen molar-refractivity contribution in [1.29, 1.82) is 0 Å². The van der Waals surface area contributed by atoms with Crippen molar-refractivity contribution < 1.29 is 0 Å². The number of hydrogen-bond acceptors (Lipinski definition) is 3. The molecule has 0 unspecified atom stereocenters. The van der Waals surface area contributed by atoms with Crippen LogP contribution in [0.5, 0.6) is 0 Å². The van der Waals surface area contributed by atoms with E-state index < -0.39 is 0 Å². The van der Waals surface area contributed by atoms with E-state index in [0.29, 0.717) is 5.92 Å². The second-order valence-electron chi connectivity index (χ2n) is 5.27. The molecule has 0 amide bonds. The van der Waals surface area contributed by atoms with Crippen LogP contribution in [-0.2, 0) is 6.54 Å². The van der Waals surface area contributed by atoms with E-state index in [-0.39, 0.29) is 0 Å². The van der Waals surface area contributed by atoms with Crippen LogP contribution in [0.4, 0.5) is 0 Å². The van der Waals surface area contributed by atoms with E-state index >= 15 is 0 Å². The maximum absolute atomic E-state index is 4.30. The Hall–Kier alpha value is -0.870. The summed E-state index contributed by atoms with van der Waals surface area (Å²) in [5, 5.41) is 3.33. The molecule has 1 N–H and O–H groups in total. The van der Waals surface area contributed by atoms with Gasteiger partial charge in [0.05, 0.1) is 6.33 Å². The van der Waals surface area contributed by atoms with Gasteiger partial charge in [-0.25, -0.2) is 4.98 Å². The van der Waals surface area contributed by atoms with Gasteiger partial charge in [-0.05, 0) is 38.9 Å². The fourth-order valence-corrected chi connectivity index (χ4v) is 2.83. The zero-order chi connectivity index (χ0) is 11.5. The highest BCUT2D eigenvalue weighted by atomic mass is 15.1. The largest absolute Gasteiger partial charge is 0.334 e. The van der Waals surface area contributed by atoms with Gasteiger partial charge in [-0.15, -0.1) is 0 Å². The second-order valence-corrected chi connectivity index (χ2v) is 5.27. The van der Waals surface area contributed by atoms with Gasteiger partial charge in [0.2, 0.25) is 0 Å². The van der Waals surface area contributed by atoms with E-state index in [0.717, 1.165) is 19.6 Å². The number of aromatic nitrogens is 2. The van der Waals surface area contributed by atoms with E-state index in [9.17, 15) is 0 Å². The summed E-state index contributed by atoms with van der Waals surface area (Å²) in [6.07, 6.45) is 8.08. The van der Waals surface area contributed by atoms with Gasteiger partial charge in [0.1, 0.15) is 0 Å². The number of nitrogens with zero attached hydrogens (tertiary/aromatic N) is 3. The maximum atomic E-state index is 4.30. The first-order valence-electron chi connectivity index (χ1n) is 6.86. The Bertz CT molecular complexity index is 350. The van der Waals surface area contributed by atoms with Crippen LogP contribution >= 0.6 is 0 Å². The molecule has 2 saturated heterocycles. The number of imidazole rings is 1. The number of hydrogen-bond donors (Lipinski definition) is 1. The minimum absolute atomic E-state index is 0.698. The first-order chi connectivity index (χ1) is 8.43. The molecule has 0 saturated carbocycles. The third kappa shape index (κ3) is 2.53. The highest BCUT2D eigenvalue weighted by Crippen LogP contribution is 2.19. The molecule has 2 aliphatic heterocycles. The highest BCUT2D eigenvalue weighted by Gasteiger charge is 2.22. The van der Waals surface area contributed by atoms with E-state index in [2.05, 4.69) is 19.8 Å². The van der Waals surface area contributed by atoms with Gasteiger partial charge in [-0.1, -0.05) is 0 Å². The van der Waals surface area contributed by atoms with Gasteiger partial charge in [-0.2, -0.15) is 0 Å². The summed E-state index contributed by atoms with van der Waals surface area (Å²) >= 11 is 0. The standard InChI is InChI=1S/C13H22N4/c1-2-5-16(4-1)6-3-7-17-11-15-10-13(17)12-8-14-9-12/h10-12,14H,1-9H2. The predicted octanol–water partition coefficient (Wildman–Crippen LogP) is 1.06. The van der Waals surface area contributed by atoms with E-state index in [1.54, 1.807) is 0 Å². The minimum Gasteiger partial charge on any atom is -0.334 e. The normalized spacial score (nSPS) is 21.9. The van der Waals surface area contributed by atoms with Gasteiger partial charge in [0, 0.05) is 37.4 Å². The molecule has 1 aromatic heterocycles. The monoisotopic (exact) mass is 234 g/mol. The fourth-order valence-electron chi connectivity index (χ4n) is 2.83. The van der Waals surface area contributed by atoms with Crippen molar-refractivity contribution in [2.24, 2.45) is 0 Å². The number of rotatable bonds is 5. The molecular weight excluding hydrogens is 212 g/mol. The van der Waals surface area contributed by atoms with Crippen molar-refractivity contribution in [3.63, 3.8) is 0 Å². The van der Waals surface area contributed by atoms with Gasteiger partial charge in [0.25, 0.3) is 0 Å². The Morgan fingerprint density at radius 1 is 1.24 bits per heavy atom. The minimum atomic E-state index is 0.698. The maximum Gasteiger partial charge on any atom is 0.0948 e. The zero-order valence-corrected chi connectivity index (χ0v) is 10.4. The predicted molar refractivity (Wildman–Crippen MR) is 68.1 cm³/mol. The molecule has 0 bridgehead atoms. The smallest absolute Gasteiger partial charge is 0.0948 e. The number of aryl methyl sites for hydroxylation is 1. The molecule has 0 spiro atoms. The van der Waals surface area contributed by atoms with Crippen molar-refractivity contribution in [2.45, 2.75) is 31.7 Å². The molecule has 3 rings (SSSR count). The van der Waals surface area contributed by atoms with Crippen molar-refractivity contribution in [1.82, 2.24) is 19.8 Å². The average molecular weight is 234 g/mol. The van der Waals surface area contributed by atoms with Crippen LogP contribution in [0.3, 0.4) is 0 Å². The lowest BCUT2D eigenvalue weighted by Gasteiger charge is -2.28. The van der Waals surface area contributed by atoms with Crippen LogP contribution in [0.1, 0.15) is 30.9 Å². The van der Waals surface area contributed by atoms with Gasteiger partial charge < -0.3 is 14.8 Å². The van der Waals surface area contributed by atoms with E-state index in [4.69, 9.17) is 0 Å². The van der Waals surface area contributed by atoms with E-state index in [1.807, 2.05) is 12.5 Å². The summed E-state index contributed by atoms with van der Waals surface area (Å²) in [5.41, 5.74) is 1.42. The zero-order valence-electron chi connectivity index (χ0n) is 10.4. The molecule has 2 aliphatic rings. The molecule has 0 aliphatic carbocycles. The molecule has 4 nitrogen and oxygen atoms in total. The van der Waals surface area contributed by atoms with E-state index in [1.165, 1.54) is 44.6 Å². The fraction of sp³-hybridized carbons (Fsp3) is 0.769. The Morgan fingerprint density at radius 2 is 2.06 bits per heavy atom. The SMILES string of the molecule is c1ncn(CCCN2CCCC2)c1C1CNC1. The molecule has 0 aromatic carbocycles. The molecule has 0 atom stereocenters. The third-order valence-electron chi connectivity index (χ3n) is 4.02. The molecule has 1 aromatic rings. The molecular formula is C13H22N4. The average Bonchev–Trinajstić information content (AvgIpc) is 2.88. The Labute approximate surface area is 103 Å². The van der Waals surface area contributed by atoms with Gasteiger partial charge in [-0.3, -0.25) is 0 Å².